The molecule has 20 heavy (non-hydrogen) atoms. The molecular weight excluding hydrogens is 276 g/mol. The van der Waals surface area contributed by atoms with E-state index < -0.39 is 0 Å². The standard InChI is InChI=1S/C12H18N6OS/c1-7(2)18-6-13-17-12(18)20-5-10(19)14-11-8(3)9(4)15-16-11/h6-7H,5H2,1-4H3,(H2,14,15,16,19). The maximum absolute atomic E-state index is 11.9. The summed E-state index contributed by atoms with van der Waals surface area (Å²) in [7, 11) is 0. The van der Waals surface area contributed by atoms with E-state index in [0.29, 0.717) is 5.82 Å². The fraction of sp³-hybridized carbons (Fsp3) is 0.500. The van der Waals surface area contributed by atoms with E-state index in [1.807, 2.05) is 32.3 Å². The molecule has 0 aliphatic heterocycles. The topological polar surface area (TPSA) is 88.5 Å². The maximum Gasteiger partial charge on any atom is 0.236 e. The van der Waals surface area contributed by atoms with Gasteiger partial charge < -0.3 is 9.88 Å². The molecule has 7 nitrogen and oxygen atoms in total. The van der Waals surface area contributed by atoms with Gasteiger partial charge in [0.15, 0.2) is 11.0 Å². The summed E-state index contributed by atoms with van der Waals surface area (Å²) in [5, 5.41) is 18.3. The van der Waals surface area contributed by atoms with Crippen molar-refractivity contribution in [3.63, 3.8) is 0 Å². The molecule has 2 aromatic heterocycles. The maximum atomic E-state index is 11.9. The lowest BCUT2D eigenvalue weighted by Crippen LogP contribution is -2.15. The second-order valence-electron chi connectivity index (χ2n) is 4.77. The molecule has 0 saturated carbocycles. The molecule has 2 heterocycles. The quantitative estimate of drug-likeness (QED) is 0.823. The first-order chi connectivity index (χ1) is 9.49. The van der Waals surface area contributed by atoms with Crippen LogP contribution < -0.4 is 5.32 Å². The molecule has 0 fully saturated rings. The van der Waals surface area contributed by atoms with Crippen LogP contribution in [0, 0.1) is 13.8 Å². The van der Waals surface area contributed by atoms with Gasteiger partial charge in [0.1, 0.15) is 6.33 Å². The Morgan fingerprint density at radius 1 is 1.50 bits per heavy atom. The van der Waals surface area contributed by atoms with Gasteiger partial charge in [-0.05, 0) is 27.7 Å². The van der Waals surface area contributed by atoms with Crippen LogP contribution in [-0.4, -0.2) is 36.6 Å². The lowest BCUT2D eigenvalue weighted by molar-refractivity contribution is -0.113. The van der Waals surface area contributed by atoms with Gasteiger partial charge in [0, 0.05) is 17.3 Å². The molecule has 1 amide bonds. The Hall–Kier alpha value is -1.83. The van der Waals surface area contributed by atoms with Gasteiger partial charge in [-0.2, -0.15) is 5.10 Å². The lowest BCUT2D eigenvalue weighted by atomic mass is 10.3. The van der Waals surface area contributed by atoms with E-state index in [1.165, 1.54) is 11.8 Å². The van der Waals surface area contributed by atoms with E-state index in [4.69, 9.17) is 0 Å². The van der Waals surface area contributed by atoms with Crippen molar-refractivity contribution >= 4 is 23.5 Å². The minimum atomic E-state index is -0.108. The third-order valence-corrected chi connectivity index (χ3v) is 3.90. The van der Waals surface area contributed by atoms with Gasteiger partial charge in [-0.15, -0.1) is 10.2 Å². The van der Waals surface area contributed by atoms with E-state index in [9.17, 15) is 4.79 Å². The fourth-order valence-corrected chi connectivity index (χ4v) is 2.44. The largest absolute Gasteiger partial charge is 0.308 e. The molecule has 0 aromatic carbocycles. The Labute approximate surface area is 121 Å². The van der Waals surface area contributed by atoms with E-state index in [2.05, 4.69) is 25.7 Å². The molecule has 0 aliphatic carbocycles. The third kappa shape index (κ3) is 3.19. The molecule has 0 saturated heterocycles. The highest BCUT2D eigenvalue weighted by atomic mass is 32.2. The molecule has 108 valence electrons. The number of aryl methyl sites for hydroxylation is 1. The van der Waals surface area contributed by atoms with Gasteiger partial charge in [0.05, 0.1) is 5.75 Å². The summed E-state index contributed by atoms with van der Waals surface area (Å²) in [6.45, 7) is 7.92. The number of aromatic amines is 1. The normalized spacial score (nSPS) is 11.1. The van der Waals surface area contributed by atoms with E-state index in [0.717, 1.165) is 16.4 Å². The van der Waals surface area contributed by atoms with Crippen molar-refractivity contribution in [2.75, 3.05) is 11.1 Å². The smallest absolute Gasteiger partial charge is 0.236 e. The van der Waals surface area contributed by atoms with Crippen molar-refractivity contribution in [3.8, 4) is 0 Å². The van der Waals surface area contributed by atoms with Crippen LogP contribution in [0.5, 0.6) is 0 Å². The van der Waals surface area contributed by atoms with E-state index >= 15 is 0 Å². The highest BCUT2D eigenvalue weighted by Gasteiger charge is 2.13. The van der Waals surface area contributed by atoms with Gasteiger partial charge in [-0.25, -0.2) is 0 Å². The fourth-order valence-electron chi connectivity index (χ4n) is 1.59. The van der Waals surface area contributed by atoms with E-state index in [-0.39, 0.29) is 17.7 Å². The van der Waals surface area contributed by atoms with Crippen molar-refractivity contribution in [2.45, 2.75) is 38.9 Å². The zero-order valence-corrected chi connectivity index (χ0v) is 12.8. The second-order valence-corrected chi connectivity index (χ2v) is 5.72. The van der Waals surface area contributed by atoms with Crippen LogP contribution in [0.4, 0.5) is 5.82 Å². The summed E-state index contributed by atoms with van der Waals surface area (Å²) in [4.78, 5) is 11.9. The third-order valence-electron chi connectivity index (χ3n) is 2.94. The van der Waals surface area contributed by atoms with Gasteiger partial charge in [-0.3, -0.25) is 9.89 Å². The van der Waals surface area contributed by atoms with Crippen LogP contribution in [0.1, 0.15) is 31.1 Å². The number of anilines is 1. The minimum absolute atomic E-state index is 0.108. The van der Waals surface area contributed by atoms with Gasteiger partial charge in [0.25, 0.3) is 0 Å². The van der Waals surface area contributed by atoms with Crippen LogP contribution >= 0.6 is 11.8 Å². The number of aromatic nitrogens is 5. The summed E-state index contributed by atoms with van der Waals surface area (Å²) in [5.74, 6) is 0.748. The Morgan fingerprint density at radius 3 is 2.85 bits per heavy atom. The van der Waals surface area contributed by atoms with Gasteiger partial charge in [-0.1, -0.05) is 11.8 Å². The molecular formula is C12H18N6OS. The molecule has 2 rings (SSSR count). The Bertz CT molecular complexity index is 603. The Balaban J connectivity index is 1.92. The molecule has 0 spiro atoms. The summed E-state index contributed by atoms with van der Waals surface area (Å²) in [5.41, 5.74) is 1.90. The highest BCUT2D eigenvalue weighted by molar-refractivity contribution is 7.99. The molecule has 2 aromatic rings. The molecule has 2 N–H and O–H groups in total. The van der Waals surface area contributed by atoms with Crippen LogP contribution in [0.15, 0.2) is 11.5 Å². The summed E-state index contributed by atoms with van der Waals surface area (Å²) in [6.07, 6.45) is 1.67. The Kier molecular flexibility index (Phi) is 4.43. The monoisotopic (exact) mass is 294 g/mol. The number of thioether (sulfide) groups is 1. The first-order valence-electron chi connectivity index (χ1n) is 6.32. The number of nitrogens with zero attached hydrogens (tertiary/aromatic N) is 4. The first kappa shape index (κ1) is 14.6. The van der Waals surface area contributed by atoms with Crippen molar-refractivity contribution in [1.29, 1.82) is 0 Å². The van der Waals surface area contributed by atoms with Crippen molar-refractivity contribution in [3.05, 3.63) is 17.6 Å². The predicted molar refractivity (Wildman–Crippen MR) is 77.8 cm³/mol. The van der Waals surface area contributed by atoms with Crippen molar-refractivity contribution in [2.24, 2.45) is 0 Å². The molecule has 0 atom stereocenters. The Morgan fingerprint density at radius 2 is 2.25 bits per heavy atom. The lowest BCUT2D eigenvalue weighted by Gasteiger charge is -2.09. The summed E-state index contributed by atoms with van der Waals surface area (Å²) >= 11 is 1.36. The van der Waals surface area contributed by atoms with Gasteiger partial charge >= 0.3 is 0 Å². The summed E-state index contributed by atoms with van der Waals surface area (Å²) in [6, 6.07) is 0.270. The zero-order valence-electron chi connectivity index (χ0n) is 12.0. The highest BCUT2D eigenvalue weighted by Crippen LogP contribution is 2.19. The minimum Gasteiger partial charge on any atom is -0.308 e. The number of nitrogens with one attached hydrogen (secondary N) is 2. The predicted octanol–water partition coefficient (Wildman–Crippen LogP) is 1.93. The number of hydrogen-bond acceptors (Lipinski definition) is 5. The molecule has 8 heteroatoms. The zero-order chi connectivity index (χ0) is 14.7. The van der Waals surface area contributed by atoms with Crippen molar-refractivity contribution in [1.82, 2.24) is 25.0 Å². The molecule has 0 aliphatic rings. The van der Waals surface area contributed by atoms with Gasteiger partial charge in [0.2, 0.25) is 5.91 Å². The van der Waals surface area contributed by atoms with Crippen LogP contribution in [-0.2, 0) is 4.79 Å². The van der Waals surface area contributed by atoms with Crippen LogP contribution in [0.2, 0.25) is 0 Å². The van der Waals surface area contributed by atoms with Crippen molar-refractivity contribution < 1.29 is 4.79 Å². The average Bonchev–Trinajstić information content (AvgIpc) is 2.98. The first-order valence-corrected chi connectivity index (χ1v) is 7.31. The number of H-pyrrole nitrogens is 1. The van der Waals surface area contributed by atoms with E-state index in [1.54, 1.807) is 6.33 Å². The number of rotatable bonds is 5. The second kappa shape index (κ2) is 6.08. The van der Waals surface area contributed by atoms with Crippen LogP contribution in [0.3, 0.4) is 0 Å². The molecule has 0 unspecified atom stereocenters. The molecule has 0 bridgehead atoms. The summed E-state index contributed by atoms with van der Waals surface area (Å²) < 4.78 is 1.93. The SMILES string of the molecule is Cc1[nH]nc(NC(=O)CSc2nncn2C(C)C)c1C. The number of carbonyl (C=O) groups excluding carboxylic acids is 1. The van der Waals surface area contributed by atoms with Crippen LogP contribution in [0.25, 0.3) is 0 Å². The number of carbonyl (C=O) groups is 1. The number of hydrogen-bond donors (Lipinski definition) is 2. The molecule has 0 radical (unpaired) electrons. The average molecular weight is 294 g/mol. The number of amides is 1.